The summed E-state index contributed by atoms with van der Waals surface area (Å²) in [5.74, 6) is 0.237. The summed E-state index contributed by atoms with van der Waals surface area (Å²) in [5, 5.41) is 16.3. The molecule has 0 radical (unpaired) electrons. The highest BCUT2D eigenvalue weighted by atomic mass is 35.5. The Kier molecular flexibility index (Phi) is 10.0. The number of aromatic nitrogens is 3. The molecule has 2 N–H and O–H groups in total. The fourth-order valence-corrected chi connectivity index (χ4v) is 5.93. The Balaban J connectivity index is 1.36. The van der Waals surface area contributed by atoms with Gasteiger partial charge in [-0.15, -0.1) is 10.2 Å². The molecule has 0 spiro atoms. The van der Waals surface area contributed by atoms with Crippen molar-refractivity contribution in [1.29, 1.82) is 0 Å². The summed E-state index contributed by atoms with van der Waals surface area (Å²) >= 11 is 14.0. The van der Waals surface area contributed by atoms with Gasteiger partial charge in [-0.2, -0.15) is 0 Å². The third-order valence-corrected chi connectivity index (χ3v) is 8.43. The molecule has 5 aromatic rings. The number of para-hydroxylation sites is 2. The average molecular weight is 645 g/mol. The van der Waals surface area contributed by atoms with Crippen LogP contribution >= 0.6 is 35.0 Å². The third kappa shape index (κ3) is 7.33. The molecule has 0 saturated heterocycles. The standard InChI is InChI=1S/C34H31Cl2N5O2S/c1-21(2)25-8-5-7-11-30(25)41-32(26-17-16-24(35)18-28(26)36)39-40-34(41)44-20-31(42)38-29-10-6-4-9-27(29)33(43)37-19-23-14-12-22(3)13-15-23/h4-18,21H,19-20H2,1-3H3,(H,37,43)(H,38,42). The molecule has 0 aliphatic rings. The Hall–Kier alpha value is -4.11. The van der Waals surface area contributed by atoms with Gasteiger partial charge >= 0.3 is 0 Å². The molecular weight excluding hydrogens is 613 g/mol. The second-order valence-corrected chi connectivity index (χ2v) is 12.3. The lowest BCUT2D eigenvalue weighted by molar-refractivity contribution is -0.113. The zero-order chi connectivity index (χ0) is 31.2. The number of amides is 2. The van der Waals surface area contributed by atoms with Gasteiger partial charge in [0.1, 0.15) is 0 Å². The van der Waals surface area contributed by atoms with Crippen LogP contribution in [0, 0.1) is 6.92 Å². The molecule has 0 unspecified atom stereocenters. The lowest BCUT2D eigenvalue weighted by atomic mass is 10.0. The molecule has 0 bridgehead atoms. The van der Waals surface area contributed by atoms with Gasteiger partial charge < -0.3 is 10.6 Å². The fraction of sp³-hybridized carbons (Fsp3) is 0.176. The highest BCUT2D eigenvalue weighted by Crippen LogP contribution is 2.35. The van der Waals surface area contributed by atoms with Crippen LogP contribution < -0.4 is 10.6 Å². The van der Waals surface area contributed by atoms with Gasteiger partial charge in [-0.05, 0) is 60.4 Å². The zero-order valence-corrected chi connectivity index (χ0v) is 26.8. The van der Waals surface area contributed by atoms with Crippen LogP contribution in [0.2, 0.25) is 10.0 Å². The maximum absolute atomic E-state index is 13.2. The first-order valence-electron chi connectivity index (χ1n) is 14.1. The van der Waals surface area contributed by atoms with Crippen molar-refractivity contribution < 1.29 is 9.59 Å². The molecule has 0 saturated carbocycles. The summed E-state index contributed by atoms with van der Waals surface area (Å²) in [4.78, 5) is 26.2. The van der Waals surface area contributed by atoms with E-state index in [9.17, 15) is 9.59 Å². The topological polar surface area (TPSA) is 88.9 Å². The van der Waals surface area contributed by atoms with Crippen LogP contribution in [0.4, 0.5) is 5.69 Å². The first-order valence-corrected chi connectivity index (χ1v) is 15.8. The van der Waals surface area contributed by atoms with Crippen molar-refractivity contribution >= 4 is 52.5 Å². The number of thioether (sulfide) groups is 1. The molecule has 2 amide bonds. The van der Waals surface area contributed by atoms with E-state index in [0.29, 0.717) is 44.4 Å². The lowest BCUT2D eigenvalue weighted by Crippen LogP contribution is -2.25. The number of anilines is 1. The normalized spacial score (nSPS) is 11.0. The molecule has 0 fully saturated rings. The van der Waals surface area contributed by atoms with Gasteiger partial charge in [0.25, 0.3) is 5.91 Å². The molecule has 10 heteroatoms. The van der Waals surface area contributed by atoms with E-state index in [1.165, 1.54) is 11.8 Å². The van der Waals surface area contributed by atoms with Gasteiger partial charge in [0.05, 0.1) is 27.7 Å². The number of benzene rings is 4. The maximum atomic E-state index is 13.2. The van der Waals surface area contributed by atoms with Gasteiger partial charge in [-0.1, -0.05) is 109 Å². The van der Waals surface area contributed by atoms with Gasteiger partial charge in [0.15, 0.2) is 11.0 Å². The predicted octanol–water partition coefficient (Wildman–Crippen LogP) is 8.33. The fourth-order valence-electron chi connectivity index (χ4n) is 4.70. The number of aryl methyl sites for hydroxylation is 1. The van der Waals surface area contributed by atoms with E-state index in [-0.39, 0.29) is 23.5 Å². The van der Waals surface area contributed by atoms with E-state index in [2.05, 4.69) is 40.7 Å². The van der Waals surface area contributed by atoms with Crippen LogP contribution in [0.15, 0.2) is 96.2 Å². The second kappa shape index (κ2) is 14.1. The number of rotatable bonds is 10. The van der Waals surface area contributed by atoms with Crippen molar-refractivity contribution in [3.05, 3.63) is 123 Å². The average Bonchev–Trinajstić information content (AvgIpc) is 3.43. The minimum absolute atomic E-state index is 0.0373. The highest BCUT2D eigenvalue weighted by molar-refractivity contribution is 7.99. The van der Waals surface area contributed by atoms with Gasteiger partial charge in [-0.3, -0.25) is 14.2 Å². The van der Waals surface area contributed by atoms with E-state index in [1.807, 2.05) is 60.0 Å². The largest absolute Gasteiger partial charge is 0.348 e. The third-order valence-electron chi connectivity index (χ3n) is 6.96. The van der Waals surface area contributed by atoms with E-state index < -0.39 is 0 Å². The Morgan fingerprint density at radius 1 is 0.909 bits per heavy atom. The number of nitrogens with zero attached hydrogens (tertiary/aromatic N) is 3. The van der Waals surface area contributed by atoms with E-state index in [0.717, 1.165) is 22.4 Å². The summed E-state index contributed by atoms with van der Waals surface area (Å²) in [6.45, 7) is 6.63. The SMILES string of the molecule is Cc1ccc(CNC(=O)c2ccccc2NC(=O)CSc2nnc(-c3ccc(Cl)cc3Cl)n2-c2ccccc2C(C)C)cc1. The number of halogens is 2. The Morgan fingerprint density at radius 3 is 2.39 bits per heavy atom. The minimum Gasteiger partial charge on any atom is -0.348 e. The van der Waals surface area contributed by atoms with E-state index in [4.69, 9.17) is 23.2 Å². The van der Waals surface area contributed by atoms with Crippen molar-refractivity contribution in [2.75, 3.05) is 11.1 Å². The van der Waals surface area contributed by atoms with Crippen LogP contribution in [0.5, 0.6) is 0 Å². The highest BCUT2D eigenvalue weighted by Gasteiger charge is 2.22. The smallest absolute Gasteiger partial charge is 0.253 e. The van der Waals surface area contributed by atoms with Crippen LogP contribution in [-0.4, -0.2) is 32.3 Å². The number of hydrogen-bond donors (Lipinski definition) is 2. The van der Waals surface area contributed by atoms with Crippen molar-refractivity contribution in [2.45, 2.75) is 38.4 Å². The van der Waals surface area contributed by atoms with E-state index in [1.54, 1.807) is 36.4 Å². The first-order chi connectivity index (χ1) is 21.2. The molecule has 7 nitrogen and oxygen atoms in total. The molecular formula is C34H31Cl2N5O2S. The zero-order valence-electron chi connectivity index (χ0n) is 24.5. The van der Waals surface area contributed by atoms with Crippen LogP contribution in [0.1, 0.15) is 46.8 Å². The molecule has 0 aliphatic heterocycles. The molecule has 4 aromatic carbocycles. The number of nitrogens with one attached hydrogen (secondary N) is 2. The van der Waals surface area contributed by atoms with Crippen LogP contribution in [-0.2, 0) is 11.3 Å². The van der Waals surface area contributed by atoms with Crippen LogP contribution in [0.3, 0.4) is 0 Å². The number of carbonyl (C=O) groups excluding carboxylic acids is 2. The quantitative estimate of drug-likeness (QED) is 0.149. The summed E-state index contributed by atoms with van der Waals surface area (Å²) in [5.41, 5.74) is 5.61. The first kappa shape index (κ1) is 31.3. The van der Waals surface area contributed by atoms with Gasteiger partial charge in [-0.25, -0.2) is 0 Å². The molecule has 1 heterocycles. The van der Waals surface area contributed by atoms with Crippen LogP contribution in [0.25, 0.3) is 17.1 Å². The number of carbonyl (C=O) groups is 2. The second-order valence-electron chi connectivity index (χ2n) is 10.5. The maximum Gasteiger partial charge on any atom is 0.253 e. The number of hydrogen-bond acceptors (Lipinski definition) is 5. The molecule has 5 rings (SSSR count). The van der Waals surface area contributed by atoms with E-state index >= 15 is 0 Å². The minimum atomic E-state index is -0.286. The van der Waals surface area contributed by atoms with Crippen molar-refractivity contribution in [2.24, 2.45) is 0 Å². The lowest BCUT2D eigenvalue weighted by Gasteiger charge is -2.17. The molecule has 44 heavy (non-hydrogen) atoms. The Morgan fingerprint density at radius 2 is 1.64 bits per heavy atom. The molecule has 224 valence electrons. The summed E-state index contributed by atoms with van der Waals surface area (Å²) < 4.78 is 1.93. The van der Waals surface area contributed by atoms with Crippen molar-refractivity contribution in [3.63, 3.8) is 0 Å². The van der Waals surface area contributed by atoms with Gasteiger partial charge in [0, 0.05) is 17.1 Å². The monoisotopic (exact) mass is 643 g/mol. The molecule has 0 aliphatic carbocycles. The Bertz CT molecular complexity index is 1800. The summed E-state index contributed by atoms with van der Waals surface area (Å²) in [6.07, 6.45) is 0. The molecule has 1 aromatic heterocycles. The Labute approximate surface area is 271 Å². The predicted molar refractivity (Wildman–Crippen MR) is 179 cm³/mol. The molecule has 0 atom stereocenters. The van der Waals surface area contributed by atoms with Gasteiger partial charge in [0.2, 0.25) is 5.91 Å². The summed E-state index contributed by atoms with van der Waals surface area (Å²) in [7, 11) is 0. The van der Waals surface area contributed by atoms with Crippen molar-refractivity contribution in [3.8, 4) is 17.1 Å². The summed E-state index contributed by atoms with van der Waals surface area (Å²) in [6, 6.07) is 28.2. The van der Waals surface area contributed by atoms with Crippen molar-refractivity contribution in [1.82, 2.24) is 20.1 Å².